The van der Waals surface area contributed by atoms with E-state index in [2.05, 4.69) is 15.3 Å². The molecule has 172 valence electrons. The molecule has 4 heterocycles. The molecular weight excluding hydrogens is 443 g/mol. The lowest BCUT2D eigenvalue weighted by atomic mass is 10.1. The SMILES string of the molecule is C[C@@H](CF)NC(=O)c1cn(-c2ncc(F)cc2F)c2nc(N3C[C@@H](O)CC3=O)ccc2c1=O. The summed E-state index contributed by atoms with van der Waals surface area (Å²) in [5, 5.41) is 12.0. The predicted molar refractivity (Wildman–Crippen MR) is 111 cm³/mol. The number of aromatic nitrogens is 3. The van der Waals surface area contributed by atoms with Crippen molar-refractivity contribution in [2.45, 2.75) is 25.5 Å². The molecule has 2 N–H and O–H groups in total. The molecule has 1 aliphatic heterocycles. The molecule has 2 atom stereocenters. The first-order chi connectivity index (χ1) is 15.7. The number of nitrogens with one attached hydrogen (secondary N) is 1. The molecule has 0 radical (unpaired) electrons. The number of carbonyl (C=O) groups excluding carboxylic acids is 2. The predicted octanol–water partition coefficient (Wildman–Crippen LogP) is 1.24. The number of alkyl halides is 1. The Balaban J connectivity index is 1.96. The van der Waals surface area contributed by atoms with E-state index in [1.54, 1.807) is 0 Å². The highest BCUT2D eigenvalue weighted by atomic mass is 19.1. The van der Waals surface area contributed by atoms with Crippen LogP contribution in [0.5, 0.6) is 0 Å². The van der Waals surface area contributed by atoms with Crippen LogP contribution in [0.25, 0.3) is 16.9 Å². The summed E-state index contributed by atoms with van der Waals surface area (Å²) in [4.78, 5) is 47.0. The molecule has 0 aromatic carbocycles. The number of carbonyl (C=O) groups is 2. The van der Waals surface area contributed by atoms with E-state index in [1.165, 1.54) is 24.0 Å². The number of fused-ring (bicyclic) bond motifs is 1. The van der Waals surface area contributed by atoms with Crippen LogP contribution in [-0.4, -0.2) is 56.8 Å². The van der Waals surface area contributed by atoms with Crippen LogP contribution >= 0.6 is 0 Å². The van der Waals surface area contributed by atoms with Crippen molar-refractivity contribution in [3.63, 3.8) is 0 Å². The Labute approximate surface area is 184 Å². The molecule has 3 aromatic rings. The van der Waals surface area contributed by atoms with Gasteiger partial charge in [0.15, 0.2) is 17.3 Å². The van der Waals surface area contributed by atoms with Crippen LogP contribution in [-0.2, 0) is 4.79 Å². The number of amides is 2. The third-order valence-electron chi connectivity index (χ3n) is 5.09. The Hall–Kier alpha value is -3.80. The van der Waals surface area contributed by atoms with Crippen molar-refractivity contribution < 1.29 is 27.9 Å². The first-order valence-corrected chi connectivity index (χ1v) is 9.92. The Bertz CT molecular complexity index is 1330. The largest absolute Gasteiger partial charge is 0.391 e. The monoisotopic (exact) mass is 461 g/mol. The van der Waals surface area contributed by atoms with Crippen molar-refractivity contribution in [1.82, 2.24) is 19.9 Å². The van der Waals surface area contributed by atoms with Crippen LogP contribution in [0.15, 0.2) is 35.4 Å². The molecule has 0 unspecified atom stereocenters. The lowest BCUT2D eigenvalue weighted by Gasteiger charge is -2.18. The molecule has 1 aliphatic rings. The van der Waals surface area contributed by atoms with E-state index in [1.807, 2.05) is 0 Å². The van der Waals surface area contributed by atoms with Crippen LogP contribution in [0.4, 0.5) is 19.0 Å². The summed E-state index contributed by atoms with van der Waals surface area (Å²) in [7, 11) is 0. The zero-order valence-corrected chi connectivity index (χ0v) is 17.3. The van der Waals surface area contributed by atoms with E-state index >= 15 is 0 Å². The third kappa shape index (κ3) is 4.16. The van der Waals surface area contributed by atoms with E-state index in [9.17, 15) is 32.7 Å². The van der Waals surface area contributed by atoms with Crippen molar-refractivity contribution >= 4 is 28.7 Å². The summed E-state index contributed by atoms with van der Waals surface area (Å²) in [6.07, 6.45) is 0.729. The molecule has 33 heavy (non-hydrogen) atoms. The minimum Gasteiger partial charge on any atom is -0.391 e. The molecule has 0 spiro atoms. The van der Waals surface area contributed by atoms with Gasteiger partial charge in [-0.05, 0) is 19.1 Å². The van der Waals surface area contributed by atoms with E-state index in [-0.39, 0.29) is 29.8 Å². The molecule has 3 aromatic heterocycles. The van der Waals surface area contributed by atoms with Gasteiger partial charge >= 0.3 is 0 Å². The van der Waals surface area contributed by atoms with Gasteiger partial charge in [-0.15, -0.1) is 0 Å². The Morgan fingerprint density at radius 1 is 1.33 bits per heavy atom. The molecule has 2 amide bonds. The zero-order valence-electron chi connectivity index (χ0n) is 17.3. The molecule has 4 rings (SSSR count). The van der Waals surface area contributed by atoms with Crippen molar-refractivity contribution in [3.05, 3.63) is 58.0 Å². The van der Waals surface area contributed by atoms with Gasteiger partial charge in [0.05, 0.1) is 36.7 Å². The van der Waals surface area contributed by atoms with Crippen LogP contribution in [0.1, 0.15) is 23.7 Å². The summed E-state index contributed by atoms with van der Waals surface area (Å²) in [5.41, 5.74) is -1.35. The van der Waals surface area contributed by atoms with E-state index < -0.39 is 59.1 Å². The van der Waals surface area contributed by atoms with Gasteiger partial charge in [-0.3, -0.25) is 23.9 Å². The minimum absolute atomic E-state index is 0.0215. The van der Waals surface area contributed by atoms with Gasteiger partial charge in [0.25, 0.3) is 5.91 Å². The number of aliphatic hydroxyl groups is 1. The zero-order chi connectivity index (χ0) is 23.9. The van der Waals surface area contributed by atoms with Gasteiger partial charge in [0.2, 0.25) is 11.3 Å². The summed E-state index contributed by atoms with van der Waals surface area (Å²) < 4.78 is 41.9. The lowest BCUT2D eigenvalue weighted by Crippen LogP contribution is -2.37. The van der Waals surface area contributed by atoms with Gasteiger partial charge < -0.3 is 10.4 Å². The van der Waals surface area contributed by atoms with Crippen LogP contribution in [0.3, 0.4) is 0 Å². The number of β-amino-alcohol motifs (C(OH)–C–C–N with tert-alkyl or cyclic N) is 1. The second-order valence-corrected chi connectivity index (χ2v) is 7.63. The maximum Gasteiger partial charge on any atom is 0.257 e. The average Bonchev–Trinajstić information content (AvgIpc) is 3.12. The highest BCUT2D eigenvalue weighted by Crippen LogP contribution is 2.24. The average molecular weight is 461 g/mol. The van der Waals surface area contributed by atoms with Gasteiger partial charge in [-0.25, -0.2) is 23.1 Å². The van der Waals surface area contributed by atoms with Crippen molar-refractivity contribution in [2.24, 2.45) is 0 Å². The number of anilines is 1. The number of hydrogen-bond acceptors (Lipinski definition) is 6. The topological polar surface area (TPSA) is 117 Å². The van der Waals surface area contributed by atoms with Gasteiger partial charge in [0, 0.05) is 12.3 Å². The van der Waals surface area contributed by atoms with Gasteiger partial charge in [0.1, 0.15) is 23.9 Å². The summed E-state index contributed by atoms with van der Waals surface area (Å²) in [5.74, 6) is -3.70. The number of halogens is 3. The van der Waals surface area contributed by atoms with Crippen molar-refractivity contribution in [1.29, 1.82) is 0 Å². The van der Waals surface area contributed by atoms with Crippen molar-refractivity contribution in [2.75, 3.05) is 18.1 Å². The minimum atomic E-state index is -1.09. The molecule has 0 saturated carbocycles. The second-order valence-electron chi connectivity index (χ2n) is 7.63. The molecular formula is C21H18F3N5O4. The van der Waals surface area contributed by atoms with E-state index in [4.69, 9.17) is 0 Å². The van der Waals surface area contributed by atoms with E-state index in [0.717, 1.165) is 17.0 Å². The number of hydrogen-bond donors (Lipinski definition) is 2. The second kappa shape index (κ2) is 8.62. The Morgan fingerprint density at radius 3 is 2.73 bits per heavy atom. The lowest BCUT2D eigenvalue weighted by molar-refractivity contribution is -0.117. The van der Waals surface area contributed by atoms with Crippen LogP contribution in [0, 0.1) is 11.6 Å². The van der Waals surface area contributed by atoms with Crippen molar-refractivity contribution in [3.8, 4) is 5.82 Å². The summed E-state index contributed by atoms with van der Waals surface area (Å²) in [6.45, 7) is 0.503. The molecule has 12 heteroatoms. The van der Waals surface area contributed by atoms with Gasteiger partial charge in [-0.2, -0.15) is 0 Å². The maximum absolute atomic E-state index is 14.6. The smallest absolute Gasteiger partial charge is 0.257 e. The molecule has 1 saturated heterocycles. The van der Waals surface area contributed by atoms with Crippen LogP contribution < -0.4 is 15.6 Å². The fourth-order valence-electron chi connectivity index (χ4n) is 3.50. The molecule has 0 aliphatic carbocycles. The number of rotatable bonds is 5. The highest BCUT2D eigenvalue weighted by Gasteiger charge is 2.30. The Kier molecular flexibility index (Phi) is 5.85. The molecule has 1 fully saturated rings. The first kappa shape index (κ1) is 22.4. The van der Waals surface area contributed by atoms with Gasteiger partial charge in [-0.1, -0.05) is 0 Å². The fraction of sp³-hybridized carbons (Fsp3) is 0.286. The Morgan fingerprint density at radius 2 is 2.09 bits per heavy atom. The normalized spacial score (nSPS) is 16.9. The highest BCUT2D eigenvalue weighted by molar-refractivity contribution is 5.99. The molecule has 0 bridgehead atoms. The maximum atomic E-state index is 14.6. The number of nitrogens with zero attached hydrogens (tertiary/aromatic N) is 4. The van der Waals surface area contributed by atoms with E-state index in [0.29, 0.717) is 6.07 Å². The number of pyridine rings is 3. The fourth-order valence-corrected chi connectivity index (χ4v) is 3.50. The molecule has 9 nitrogen and oxygen atoms in total. The standard InChI is InChI=1S/C21H18F3N5O4/c1-10(6-22)26-21(33)14-9-29(20-15(24)4-11(23)7-25-20)19-13(18(14)32)2-3-16(27-19)28-8-12(30)5-17(28)31/h2-4,7,9-10,12,30H,5-6,8H2,1H3,(H,26,33)/t10-,12-/m0/s1. The summed E-state index contributed by atoms with van der Waals surface area (Å²) >= 11 is 0. The number of aliphatic hydroxyl groups excluding tert-OH is 1. The quantitative estimate of drug-likeness (QED) is 0.591. The first-order valence-electron chi connectivity index (χ1n) is 9.92. The summed E-state index contributed by atoms with van der Waals surface area (Å²) in [6, 6.07) is 2.34. The third-order valence-corrected chi connectivity index (χ3v) is 5.09. The van der Waals surface area contributed by atoms with Crippen LogP contribution in [0.2, 0.25) is 0 Å².